The molecular formula is C17H18ClFN2O. The lowest BCUT2D eigenvalue weighted by molar-refractivity contribution is -0.117. The summed E-state index contributed by atoms with van der Waals surface area (Å²) in [5, 5.41) is 3.21. The van der Waals surface area contributed by atoms with Gasteiger partial charge in [-0.3, -0.25) is 4.79 Å². The fraction of sp³-hybridized carbons (Fsp3) is 0.235. The summed E-state index contributed by atoms with van der Waals surface area (Å²) in [5.74, 6) is -0.489. The van der Waals surface area contributed by atoms with Crippen LogP contribution >= 0.6 is 11.6 Å². The fourth-order valence-corrected chi connectivity index (χ4v) is 2.44. The first-order valence-electron chi connectivity index (χ1n) is 7.05. The number of benzene rings is 2. The molecule has 1 N–H and O–H groups in total. The minimum atomic E-state index is -0.407. The Balaban J connectivity index is 2.09. The number of carbonyl (C=O) groups is 1. The zero-order chi connectivity index (χ0) is 16.1. The van der Waals surface area contributed by atoms with E-state index in [9.17, 15) is 9.18 Å². The molecule has 0 aliphatic carbocycles. The lowest BCUT2D eigenvalue weighted by Gasteiger charge is -2.27. The van der Waals surface area contributed by atoms with Gasteiger partial charge in [0.1, 0.15) is 5.82 Å². The van der Waals surface area contributed by atoms with E-state index in [0.29, 0.717) is 5.69 Å². The highest BCUT2D eigenvalue weighted by atomic mass is 35.5. The summed E-state index contributed by atoms with van der Waals surface area (Å²) < 4.78 is 13.0. The molecule has 3 nitrogen and oxygen atoms in total. The van der Waals surface area contributed by atoms with Crippen LogP contribution in [0.4, 0.5) is 15.8 Å². The van der Waals surface area contributed by atoms with E-state index in [1.807, 2.05) is 44.2 Å². The second-order valence-electron chi connectivity index (χ2n) is 5.17. The third kappa shape index (κ3) is 3.98. The van der Waals surface area contributed by atoms with Crippen LogP contribution in [0.25, 0.3) is 0 Å². The summed E-state index contributed by atoms with van der Waals surface area (Å²) in [4.78, 5) is 14.2. The predicted octanol–water partition coefficient (Wildman–Crippen LogP) is 4.33. The quantitative estimate of drug-likeness (QED) is 0.889. The normalized spacial score (nSPS) is 10.6. The van der Waals surface area contributed by atoms with Crippen LogP contribution in [0.2, 0.25) is 5.02 Å². The maximum Gasteiger partial charge on any atom is 0.246 e. The topological polar surface area (TPSA) is 32.3 Å². The second kappa shape index (κ2) is 7.27. The van der Waals surface area contributed by atoms with Crippen LogP contribution in [-0.4, -0.2) is 18.5 Å². The van der Waals surface area contributed by atoms with Crippen LogP contribution in [0.1, 0.15) is 13.8 Å². The number of nitrogens with one attached hydrogen (secondary N) is 1. The molecular weight excluding hydrogens is 303 g/mol. The lowest BCUT2D eigenvalue weighted by Crippen LogP contribution is -2.40. The number of para-hydroxylation sites is 1. The molecule has 116 valence electrons. The Morgan fingerprint density at radius 1 is 1.23 bits per heavy atom. The zero-order valence-electron chi connectivity index (χ0n) is 12.5. The van der Waals surface area contributed by atoms with E-state index in [1.165, 1.54) is 18.2 Å². The van der Waals surface area contributed by atoms with Gasteiger partial charge in [-0.2, -0.15) is 0 Å². The van der Waals surface area contributed by atoms with Gasteiger partial charge in [0.25, 0.3) is 0 Å². The van der Waals surface area contributed by atoms with Gasteiger partial charge in [-0.25, -0.2) is 4.39 Å². The standard InChI is InChI=1S/C17H18ClFN2O/c1-12(2)21(14-6-4-3-5-7-14)17(22)11-20-16-9-8-13(19)10-15(16)18/h3-10,12,20H,11H2,1-2H3. The smallest absolute Gasteiger partial charge is 0.246 e. The Kier molecular flexibility index (Phi) is 5.39. The summed E-state index contributed by atoms with van der Waals surface area (Å²) in [7, 11) is 0. The summed E-state index contributed by atoms with van der Waals surface area (Å²) in [6.45, 7) is 3.99. The molecule has 0 aromatic heterocycles. The number of rotatable bonds is 5. The monoisotopic (exact) mass is 320 g/mol. The number of anilines is 2. The lowest BCUT2D eigenvalue weighted by atomic mass is 10.2. The molecule has 1 amide bonds. The van der Waals surface area contributed by atoms with Gasteiger partial charge in [-0.1, -0.05) is 29.8 Å². The van der Waals surface area contributed by atoms with E-state index in [1.54, 1.807) is 4.90 Å². The van der Waals surface area contributed by atoms with Crippen molar-refractivity contribution in [1.82, 2.24) is 0 Å². The molecule has 2 aromatic carbocycles. The number of halogens is 2. The first-order valence-corrected chi connectivity index (χ1v) is 7.43. The average molecular weight is 321 g/mol. The van der Waals surface area contributed by atoms with Gasteiger partial charge in [0.05, 0.1) is 17.3 Å². The second-order valence-corrected chi connectivity index (χ2v) is 5.58. The van der Waals surface area contributed by atoms with Gasteiger partial charge in [0.2, 0.25) is 5.91 Å². The predicted molar refractivity (Wildman–Crippen MR) is 89.0 cm³/mol. The molecule has 22 heavy (non-hydrogen) atoms. The van der Waals surface area contributed by atoms with Crippen molar-refractivity contribution >= 4 is 28.9 Å². The van der Waals surface area contributed by atoms with E-state index in [4.69, 9.17) is 11.6 Å². The van der Waals surface area contributed by atoms with E-state index >= 15 is 0 Å². The highest BCUT2D eigenvalue weighted by Gasteiger charge is 2.18. The highest BCUT2D eigenvalue weighted by molar-refractivity contribution is 6.33. The molecule has 0 atom stereocenters. The van der Waals surface area contributed by atoms with Crippen molar-refractivity contribution in [2.75, 3.05) is 16.8 Å². The molecule has 0 saturated carbocycles. The average Bonchev–Trinajstić information content (AvgIpc) is 2.47. The van der Waals surface area contributed by atoms with E-state index in [2.05, 4.69) is 5.32 Å². The maximum atomic E-state index is 13.0. The number of hydrogen-bond acceptors (Lipinski definition) is 2. The summed E-state index contributed by atoms with van der Waals surface area (Å²) >= 11 is 5.94. The Morgan fingerprint density at radius 3 is 2.50 bits per heavy atom. The van der Waals surface area contributed by atoms with Crippen LogP contribution in [-0.2, 0) is 4.79 Å². The number of hydrogen-bond donors (Lipinski definition) is 1. The SMILES string of the molecule is CC(C)N(C(=O)CNc1ccc(F)cc1Cl)c1ccccc1. The van der Waals surface area contributed by atoms with E-state index < -0.39 is 5.82 Å². The summed E-state index contributed by atoms with van der Waals surface area (Å²) in [6.07, 6.45) is 0. The van der Waals surface area contributed by atoms with Gasteiger partial charge in [0, 0.05) is 11.7 Å². The van der Waals surface area contributed by atoms with Crippen molar-refractivity contribution in [1.29, 1.82) is 0 Å². The molecule has 0 heterocycles. The maximum absolute atomic E-state index is 13.0. The van der Waals surface area contributed by atoms with Crippen molar-refractivity contribution in [3.05, 3.63) is 59.4 Å². The largest absolute Gasteiger partial charge is 0.375 e. The van der Waals surface area contributed by atoms with Crippen LogP contribution in [0, 0.1) is 5.82 Å². The minimum Gasteiger partial charge on any atom is -0.375 e. The molecule has 2 aromatic rings. The minimum absolute atomic E-state index is 0.0281. The van der Waals surface area contributed by atoms with Gasteiger partial charge in [0.15, 0.2) is 0 Å². The van der Waals surface area contributed by atoms with Crippen molar-refractivity contribution in [2.45, 2.75) is 19.9 Å². The molecule has 0 aliphatic heterocycles. The molecule has 0 bridgehead atoms. The van der Waals surface area contributed by atoms with E-state index in [0.717, 1.165) is 5.69 Å². The molecule has 5 heteroatoms. The van der Waals surface area contributed by atoms with Crippen LogP contribution < -0.4 is 10.2 Å². The Bertz CT molecular complexity index is 646. The first kappa shape index (κ1) is 16.3. The number of nitrogens with zero attached hydrogens (tertiary/aromatic N) is 1. The van der Waals surface area contributed by atoms with Crippen LogP contribution in [0.5, 0.6) is 0 Å². The van der Waals surface area contributed by atoms with Crippen molar-refractivity contribution in [3.63, 3.8) is 0 Å². The number of carbonyl (C=O) groups excluding carboxylic acids is 1. The first-order chi connectivity index (χ1) is 10.5. The number of amides is 1. The van der Waals surface area contributed by atoms with Crippen molar-refractivity contribution in [2.24, 2.45) is 0 Å². The van der Waals surface area contributed by atoms with Gasteiger partial charge < -0.3 is 10.2 Å². The van der Waals surface area contributed by atoms with Gasteiger partial charge in [-0.05, 0) is 44.2 Å². The Hall–Kier alpha value is -2.07. The summed E-state index contributed by atoms with van der Waals surface area (Å²) in [5.41, 5.74) is 1.38. The molecule has 0 unspecified atom stereocenters. The molecule has 0 radical (unpaired) electrons. The molecule has 2 rings (SSSR count). The Labute approximate surface area is 134 Å². The van der Waals surface area contributed by atoms with E-state index in [-0.39, 0.29) is 23.5 Å². The third-order valence-electron chi connectivity index (χ3n) is 3.18. The highest BCUT2D eigenvalue weighted by Crippen LogP contribution is 2.23. The van der Waals surface area contributed by atoms with Crippen LogP contribution in [0.3, 0.4) is 0 Å². The Morgan fingerprint density at radius 2 is 1.91 bits per heavy atom. The molecule has 0 spiro atoms. The van der Waals surface area contributed by atoms with Crippen LogP contribution in [0.15, 0.2) is 48.5 Å². The fourth-order valence-electron chi connectivity index (χ4n) is 2.21. The van der Waals surface area contributed by atoms with Crippen molar-refractivity contribution < 1.29 is 9.18 Å². The molecule has 0 saturated heterocycles. The van der Waals surface area contributed by atoms with Gasteiger partial charge >= 0.3 is 0 Å². The third-order valence-corrected chi connectivity index (χ3v) is 3.49. The zero-order valence-corrected chi connectivity index (χ0v) is 13.3. The van der Waals surface area contributed by atoms with Crippen molar-refractivity contribution in [3.8, 4) is 0 Å². The summed E-state index contributed by atoms with van der Waals surface area (Å²) in [6, 6.07) is 13.5. The molecule has 0 fully saturated rings. The van der Waals surface area contributed by atoms with Gasteiger partial charge in [-0.15, -0.1) is 0 Å². The molecule has 0 aliphatic rings.